The Labute approximate surface area is 129 Å². The lowest BCUT2D eigenvalue weighted by molar-refractivity contribution is -0.670. The van der Waals surface area contributed by atoms with Crippen molar-refractivity contribution in [2.45, 2.75) is 18.3 Å². The van der Waals surface area contributed by atoms with E-state index < -0.39 is 0 Å². The summed E-state index contributed by atoms with van der Waals surface area (Å²) in [7, 11) is 1.92. The number of benzene rings is 1. The molecule has 0 atom stereocenters. The van der Waals surface area contributed by atoms with Gasteiger partial charge in [0.2, 0.25) is 0 Å². The van der Waals surface area contributed by atoms with Crippen LogP contribution in [0.3, 0.4) is 0 Å². The molecular weight excluding hydrogens is 278 g/mol. The zero-order valence-electron chi connectivity index (χ0n) is 12.7. The summed E-state index contributed by atoms with van der Waals surface area (Å²) in [5.41, 5.74) is 2.40. The second-order valence-electron chi connectivity index (χ2n) is 6.26. The second kappa shape index (κ2) is 4.95. The topological polar surface area (TPSA) is 38.3 Å². The average molecular weight is 298 g/mol. The largest absolute Gasteiger partial charge is 0.420 e. The highest BCUT2D eigenvalue weighted by atomic mass is 16.5. The quantitative estimate of drug-likeness (QED) is 0.696. The monoisotopic (exact) mass is 298 g/mol. The summed E-state index contributed by atoms with van der Waals surface area (Å²) in [4.78, 5) is 14.8. The number of carbonyl (C=O) groups excluding carboxylic acids is 1. The van der Waals surface area contributed by atoms with Crippen LogP contribution in [0.4, 0.5) is 10.5 Å². The molecule has 0 bridgehead atoms. The average Bonchev–Trinajstić information content (AvgIpc) is 3.11. The van der Waals surface area contributed by atoms with Crippen molar-refractivity contribution in [3.8, 4) is 0 Å². The number of aryl methyl sites for hydroxylation is 1. The Bertz CT molecular complexity index is 716. The van der Waals surface area contributed by atoms with E-state index in [-0.39, 0.29) is 11.4 Å². The molecule has 0 unspecified atom stereocenters. The molecule has 5 nitrogen and oxygen atoms in total. The van der Waals surface area contributed by atoms with Crippen LogP contribution in [-0.2, 0) is 17.2 Å². The molecule has 1 aromatic heterocycles. The molecule has 5 heteroatoms. The molecule has 114 valence electrons. The van der Waals surface area contributed by atoms with Crippen molar-refractivity contribution in [1.82, 2.24) is 4.57 Å². The Morgan fingerprint density at radius 3 is 2.77 bits per heavy atom. The molecular formula is C17H20N3O2+. The Kier molecular flexibility index (Phi) is 3.04. The summed E-state index contributed by atoms with van der Waals surface area (Å²) >= 11 is 0. The molecule has 1 saturated heterocycles. The molecule has 2 aromatic rings. The maximum Gasteiger partial charge on any atom is 0.420 e. The number of nitrogens with zero attached hydrogens (tertiary/aromatic N) is 3. The van der Waals surface area contributed by atoms with Crippen molar-refractivity contribution < 1.29 is 14.1 Å². The number of para-hydroxylation sites is 1. The van der Waals surface area contributed by atoms with Crippen molar-refractivity contribution in [3.05, 3.63) is 48.5 Å². The van der Waals surface area contributed by atoms with Crippen molar-refractivity contribution in [2.75, 3.05) is 24.7 Å². The molecule has 0 saturated carbocycles. The minimum atomic E-state index is 0.0106. The Balaban J connectivity index is 1.74. The summed E-state index contributed by atoms with van der Waals surface area (Å²) in [6, 6.07) is 8.31. The smallest absolute Gasteiger partial charge is 0.381 e. The lowest BCUT2D eigenvalue weighted by Crippen LogP contribution is -2.42. The predicted molar refractivity (Wildman–Crippen MR) is 81.9 cm³/mol. The maximum absolute atomic E-state index is 12.9. The van der Waals surface area contributed by atoms with Crippen LogP contribution in [0.15, 0.2) is 43.0 Å². The lowest BCUT2D eigenvalue weighted by Gasteiger charge is -2.33. The van der Waals surface area contributed by atoms with Gasteiger partial charge in [0, 0.05) is 25.2 Å². The first-order chi connectivity index (χ1) is 10.7. The van der Waals surface area contributed by atoms with Crippen molar-refractivity contribution in [3.63, 3.8) is 0 Å². The van der Waals surface area contributed by atoms with E-state index in [1.165, 1.54) is 5.56 Å². The maximum atomic E-state index is 12.9. The molecule has 1 amide bonds. The van der Waals surface area contributed by atoms with Gasteiger partial charge in [-0.2, -0.15) is 4.57 Å². The van der Waals surface area contributed by atoms with Crippen LogP contribution in [0, 0.1) is 0 Å². The Morgan fingerprint density at radius 2 is 2.05 bits per heavy atom. The van der Waals surface area contributed by atoms with Crippen LogP contribution in [0.2, 0.25) is 0 Å². The van der Waals surface area contributed by atoms with E-state index in [4.69, 9.17) is 4.74 Å². The molecule has 22 heavy (non-hydrogen) atoms. The van der Waals surface area contributed by atoms with E-state index in [2.05, 4.69) is 18.2 Å². The molecule has 1 spiro atoms. The zero-order chi connectivity index (χ0) is 15.2. The molecule has 0 radical (unpaired) electrons. The summed E-state index contributed by atoms with van der Waals surface area (Å²) in [6.07, 6.45) is 7.45. The molecule has 3 heterocycles. The van der Waals surface area contributed by atoms with Gasteiger partial charge in [-0.25, -0.2) is 9.36 Å². The van der Waals surface area contributed by atoms with E-state index >= 15 is 0 Å². The van der Waals surface area contributed by atoms with Crippen molar-refractivity contribution in [2.24, 2.45) is 7.05 Å². The van der Waals surface area contributed by atoms with E-state index in [1.807, 2.05) is 28.8 Å². The van der Waals surface area contributed by atoms with Gasteiger partial charge in [0.05, 0.1) is 12.7 Å². The lowest BCUT2D eigenvalue weighted by atomic mass is 9.76. The highest BCUT2D eigenvalue weighted by Gasteiger charge is 2.46. The molecule has 0 aliphatic carbocycles. The Hall–Kier alpha value is -2.14. The first kappa shape index (κ1) is 13.5. The highest BCUT2D eigenvalue weighted by Crippen LogP contribution is 2.46. The zero-order valence-corrected chi connectivity index (χ0v) is 12.7. The third-order valence-corrected chi connectivity index (χ3v) is 4.90. The van der Waals surface area contributed by atoms with E-state index in [1.54, 1.807) is 17.1 Å². The van der Waals surface area contributed by atoms with E-state index in [9.17, 15) is 4.79 Å². The van der Waals surface area contributed by atoms with Gasteiger partial charge in [0.1, 0.15) is 12.4 Å². The number of ether oxygens (including phenoxy) is 1. The number of imidazole rings is 1. The van der Waals surface area contributed by atoms with Gasteiger partial charge in [-0.3, -0.25) is 4.90 Å². The summed E-state index contributed by atoms with van der Waals surface area (Å²) < 4.78 is 9.07. The van der Waals surface area contributed by atoms with Crippen LogP contribution in [0.25, 0.3) is 0 Å². The SMILES string of the molecule is C[n+]1ccn(C(=O)N2CC3(CCOCC3)c3ccccc32)c1. The Morgan fingerprint density at radius 1 is 1.27 bits per heavy atom. The number of rotatable bonds is 0. The fourth-order valence-corrected chi connectivity index (χ4v) is 3.69. The molecule has 2 aliphatic heterocycles. The number of fused-ring (bicyclic) bond motifs is 2. The summed E-state index contributed by atoms with van der Waals surface area (Å²) in [5, 5.41) is 0. The number of carbonyl (C=O) groups is 1. The van der Waals surface area contributed by atoms with Gasteiger partial charge in [0.15, 0.2) is 0 Å². The molecule has 0 N–H and O–H groups in total. The number of anilines is 1. The third kappa shape index (κ3) is 1.96. The van der Waals surface area contributed by atoms with E-state index in [0.717, 1.165) is 38.3 Å². The first-order valence-electron chi connectivity index (χ1n) is 7.72. The van der Waals surface area contributed by atoms with Crippen LogP contribution in [0.5, 0.6) is 0 Å². The summed E-state index contributed by atoms with van der Waals surface area (Å²) in [5.74, 6) is 0. The van der Waals surface area contributed by atoms with Crippen LogP contribution in [0.1, 0.15) is 18.4 Å². The number of amides is 1. The first-order valence-corrected chi connectivity index (χ1v) is 7.72. The normalized spacial score (nSPS) is 19.4. The fourth-order valence-electron chi connectivity index (χ4n) is 3.69. The van der Waals surface area contributed by atoms with Crippen LogP contribution < -0.4 is 9.47 Å². The van der Waals surface area contributed by atoms with Crippen LogP contribution in [-0.4, -0.2) is 30.4 Å². The highest BCUT2D eigenvalue weighted by molar-refractivity contribution is 5.96. The molecule has 2 aliphatic rings. The van der Waals surface area contributed by atoms with Gasteiger partial charge in [0.25, 0.3) is 6.33 Å². The van der Waals surface area contributed by atoms with E-state index in [0.29, 0.717) is 0 Å². The van der Waals surface area contributed by atoms with Gasteiger partial charge in [-0.1, -0.05) is 18.2 Å². The summed E-state index contributed by atoms with van der Waals surface area (Å²) in [6.45, 7) is 2.29. The van der Waals surface area contributed by atoms with Crippen LogP contribution >= 0.6 is 0 Å². The molecule has 1 fully saturated rings. The molecule has 4 rings (SSSR count). The molecule has 1 aromatic carbocycles. The van der Waals surface area contributed by atoms with Gasteiger partial charge in [-0.05, 0) is 24.5 Å². The fraction of sp³-hybridized carbons (Fsp3) is 0.412. The third-order valence-electron chi connectivity index (χ3n) is 4.90. The number of aromatic nitrogens is 2. The van der Waals surface area contributed by atoms with Gasteiger partial charge >= 0.3 is 6.03 Å². The standard InChI is InChI=1S/C17H20N3O2/c1-18-8-9-19(13-18)16(21)20-12-17(6-10-22-11-7-17)14-4-2-3-5-15(14)20/h2-5,8-9,13H,6-7,10-12H2,1H3/q+1. The predicted octanol–water partition coefficient (Wildman–Crippen LogP) is 1.85. The van der Waals surface area contributed by atoms with Crippen molar-refractivity contribution in [1.29, 1.82) is 0 Å². The second-order valence-corrected chi connectivity index (χ2v) is 6.26. The van der Waals surface area contributed by atoms with Gasteiger partial charge < -0.3 is 4.74 Å². The minimum absolute atomic E-state index is 0.0106. The minimum Gasteiger partial charge on any atom is -0.381 e. The number of hydrogen-bond donors (Lipinski definition) is 0. The van der Waals surface area contributed by atoms with Gasteiger partial charge in [-0.15, -0.1) is 0 Å². The number of hydrogen-bond acceptors (Lipinski definition) is 2. The van der Waals surface area contributed by atoms with Crippen molar-refractivity contribution >= 4 is 11.7 Å².